The van der Waals surface area contributed by atoms with E-state index in [4.69, 9.17) is 38.6 Å². The fourth-order valence-electron chi connectivity index (χ4n) is 4.20. The Morgan fingerprint density at radius 2 is 1.23 bits per heavy atom. The lowest BCUT2D eigenvalue weighted by Crippen LogP contribution is -2.62. The van der Waals surface area contributed by atoms with Gasteiger partial charge < -0.3 is 32.7 Å². The van der Waals surface area contributed by atoms with E-state index in [0.29, 0.717) is 5.56 Å². The molecule has 44 heavy (non-hydrogen) atoms. The standard InChI is InChI=1S/C31H33O12P/c1-21(32)36-20-27-28(38-22(2)33)29(37-19-24-13-7-4-8-14-24)30(39-23(3)34)31(40-27)43-44(35,41-25-15-9-5-10-16-25)42-26-17-11-6-12-18-26/h4-18,27-31H,19-20H2,1-3H3/t27-,28-,29-,30+,31?/m1/s1/i19D/t19?,27-,28-,29-,30+,31?. The molecular weight excluding hydrogens is 595 g/mol. The van der Waals surface area contributed by atoms with E-state index >= 15 is 0 Å². The second-order valence-corrected chi connectivity index (χ2v) is 11.0. The molecule has 0 saturated carbocycles. The van der Waals surface area contributed by atoms with Gasteiger partial charge in [0.25, 0.3) is 0 Å². The Morgan fingerprint density at radius 3 is 1.73 bits per heavy atom. The average Bonchev–Trinajstić information content (AvgIpc) is 3.00. The molecule has 1 aliphatic heterocycles. The number of rotatable bonds is 13. The highest BCUT2D eigenvalue weighted by atomic mass is 31.2. The molecule has 0 amide bonds. The van der Waals surface area contributed by atoms with E-state index in [-0.39, 0.29) is 11.5 Å². The van der Waals surface area contributed by atoms with E-state index in [9.17, 15) is 18.9 Å². The van der Waals surface area contributed by atoms with E-state index in [0.717, 1.165) is 20.8 Å². The van der Waals surface area contributed by atoms with Gasteiger partial charge in [0.2, 0.25) is 6.29 Å². The number of carbonyl (C=O) groups excluding carboxylic acids is 3. The average molecular weight is 630 g/mol. The van der Waals surface area contributed by atoms with Crippen molar-refractivity contribution in [3.05, 3.63) is 96.6 Å². The molecule has 1 saturated heterocycles. The molecule has 1 aliphatic rings. The molecule has 6 atom stereocenters. The van der Waals surface area contributed by atoms with Crippen LogP contribution in [-0.4, -0.2) is 55.2 Å². The molecule has 0 aliphatic carbocycles. The Labute approximate surface area is 256 Å². The van der Waals surface area contributed by atoms with Crippen LogP contribution in [0.5, 0.6) is 11.5 Å². The maximum atomic E-state index is 14.3. The highest BCUT2D eigenvalue weighted by Crippen LogP contribution is 2.52. The Kier molecular flexibility index (Phi) is 11.0. The van der Waals surface area contributed by atoms with Gasteiger partial charge in [-0.3, -0.25) is 14.4 Å². The minimum Gasteiger partial charge on any atom is -0.463 e. The van der Waals surface area contributed by atoms with Crippen molar-refractivity contribution in [2.75, 3.05) is 6.61 Å². The molecule has 0 spiro atoms. The normalized spacial score (nSPS) is 22.5. The smallest absolute Gasteiger partial charge is 0.463 e. The fraction of sp³-hybridized carbons (Fsp3) is 0.323. The van der Waals surface area contributed by atoms with Crippen molar-refractivity contribution in [3.63, 3.8) is 0 Å². The molecule has 2 unspecified atom stereocenters. The minimum absolute atomic E-state index is 0.119. The Morgan fingerprint density at radius 1 is 0.727 bits per heavy atom. The minimum atomic E-state index is -4.68. The number of carbonyl (C=O) groups is 3. The summed E-state index contributed by atoms with van der Waals surface area (Å²) in [6.45, 7) is 1.55. The summed E-state index contributed by atoms with van der Waals surface area (Å²) in [5, 5.41) is 0. The summed E-state index contributed by atoms with van der Waals surface area (Å²) < 4.78 is 68.7. The molecule has 1 heterocycles. The summed E-state index contributed by atoms with van der Waals surface area (Å²) >= 11 is 0. The molecule has 0 radical (unpaired) electrons. The second kappa shape index (κ2) is 15.5. The quantitative estimate of drug-likeness (QED) is 0.143. The predicted molar refractivity (Wildman–Crippen MR) is 154 cm³/mol. The van der Waals surface area contributed by atoms with Crippen molar-refractivity contribution in [1.82, 2.24) is 0 Å². The molecule has 4 rings (SSSR count). The predicted octanol–water partition coefficient (Wildman–Crippen LogP) is 5.01. The van der Waals surface area contributed by atoms with Crippen molar-refractivity contribution in [1.29, 1.82) is 0 Å². The van der Waals surface area contributed by atoms with Crippen LogP contribution in [0.4, 0.5) is 0 Å². The number of ether oxygens (including phenoxy) is 5. The number of esters is 3. The molecule has 0 bridgehead atoms. The van der Waals surface area contributed by atoms with Crippen LogP contribution in [0.15, 0.2) is 91.0 Å². The van der Waals surface area contributed by atoms with Gasteiger partial charge >= 0.3 is 25.7 Å². The van der Waals surface area contributed by atoms with E-state index < -0.39 is 69.6 Å². The lowest BCUT2D eigenvalue weighted by molar-refractivity contribution is -0.296. The lowest BCUT2D eigenvalue weighted by atomic mass is 9.98. The van der Waals surface area contributed by atoms with Crippen molar-refractivity contribution < 1.29 is 57.6 Å². The molecule has 234 valence electrons. The van der Waals surface area contributed by atoms with Gasteiger partial charge in [0.05, 0.1) is 7.95 Å². The molecule has 13 heteroatoms. The number of hydrogen-bond acceptors (Lipinski definition) is 12. The van der Waals surface area contributed by atoms with Crippen LogP contribution in [0, 0.1) is 0 Å². The number of para-hydroxylation sites is 2. The fourth-order valence-corrected chi connectivity index (χ4v) is 5.51. The van der Waals surface area contributed by atoms with Crippen LogP contribution >= 0.6 is 7.82 Å². The molecule has 12 nitrogen and oxygen atoms in total. The largest absolute Gasteiger partial charge is 0.590 e. The zero-order chi connectivity index (χ0) is 32.4. The highest BCUT2D eigenvalue weighted by molar-refractivity contribution is 7.49. The molecule has 0 aromatic heterocycles. The van der Waals surface area contributed by atoms with Gasteiger partial charge in [0.1, 0.15) is 30.3 Å². The summed E-state index contributed by atoms with van der Waals surface area (Å²) in [7, 11) is -4.68. The lowest BCUT2D eigenvalue weighted by Gasteiger charge is -2.44. The Hall–Kier alpha value is -4.22. The maximum Gasteiger partial charge on any atom is 0.590 e. The van der Waals surface area contributed by atoms with Crippen LogP contribution < -0.4 is 9.05 Å². The summed E-state index contributed by atoms with van der Waals surface area (Å²) in [4.78, 5) is 36.4. The van der Waals surface area contributed by atoms with Gasteiger partial charge in [-0.05, 0) is 29.8 Å². The number of benzene rings is 3. The first-order chi connectivity index (χ1) is 21.5. The number of hydrogen-bond donors (Lipinski definition) is 0. The summed E-state index contributed by atoms with van der Waals surface area (Å²) in [5.41, 5.74) is 0.423. The van der Waals surface area contributed by atoms with E-state index in [1.165, 1.54) is 24.3 Å². The second-order valence-electron chi connectivity index (χ2n) is 9.48. The first kappa shape index (κ1) is 31.2. The van der Waals surface area contributed by atoms with Gasteiger partial charge in [-0.1, -0.05) is 66.7 Å². The first-order valence-electron chi connectivity index (χ1n) is 14.1. The van der Waals surface area contributed by atoms with Gasteiger partial charge in [0.15, 0.2) is 12.2 Å². The molecule has 1 fully saturated rings. The number of phosphoric acid groups is 1. The third-order valence-electron chi connectivity index (χ3n) is 5.96. The van der Waals surface area contributed by atoms with Crippen LogP contribution in [0.1, 0.15) is 27.7 Å². The van der Waals surface area contributed by atoms with Crippen molar-refractivity contribution in [3.8, 4) is 11.5 Å². The van der Waals surface area contributed by atoms with Gasteiger partial charge in [-0.15, -0.1) is 0 Å². The first-order valence-corrected chi connectivity index (χ1v) is 15.0. The monoisotopic (exact) mass is 629 g/mol. The van der Waals surface area contributed by atoms with Gasteiger partial charge in [0, 0.05) is 20.8 Å². The number of phosphoric ester groups is 1. The van der Waals surface area contributed by atoms with Crippen molar-refractivity contribution >= 4 is 25.7 Å². The third kappa shape index (κ3) is 9.65. The summed E-state index contributed by atoms with van der Waals surface area (Å²) in [5.74, 6) is -2.03. The van der Waals surface area contributed by atoms with E-state index in [1.54, 1.807) is 66.7 Å². The summed E-state index contributed by atoms with van der Waals surface area (Å²) in [6, 6.07) is 24.5. The SMILES string of the molecule is [2H]C(O[C@@H]1[C@H](OC(C)=O)[C@@H](COC(C)=O)OC(OP(=O)(Oc2ccccc2)Oc2ccccc2)[C@H]1OC(C)=O)c1ccccc1. The third-order valence-corrected chi connectivity index (χ3v) is 7.30. The summed E-state index contributed by atoms with van der Waals surface area (Å²) in [6.07, 6.45) is -7.50. The molecule has 3 aromatic carbocycles. The molecule has 0 N–H and O–H groups in total. The zero-order valence-electron chi connectivity index (χ0n) is 25.2. The van der Waals surface area contributed by atoms with Crippen molar-refractivity contribution in [2.45, 2.75) is 58.1 Å². The Bertz CT molecular complexity index is 1410. The topological polar surface area (TPSA) is 142 Å². The van der Waals surface area contributed by atoms with Crippen LogP contribution in [0.25, 0.3) is 0 Å². The van der Waals surface area contributed by atoms with Crippen molar-refractivity contribution in [2.24, 2.45) is 0 Å². The maximum absolute atomic E-state index is 14.3. The van der Waals surface area contributed by atoms with Gasteiger partial charge in [-0.2, -0.15) is 0 Å². The molecular formula is C31H33O12P. The van der Waals surface area contributed by atoms with E-state index in [2.05, 4.69) is 0 Å². The van der Waals surface area contributed by atoms with Gasteiger partial charge in [-0.25, -0.2) is 9.09 Å². The van der Waals surface area contributed by atoms with E-state index in [1.807, 2.05) is 0 Å². The van der Waals surface area contributed by atoms with Crippen LogP contribution in [-0.2, 0) is 53.7 Å². The highest BCUT2D eigenvalue weighted by Gasteiger charge is 2.54. The molecule has 3 aromatic rings. The Balaban J connectivity index is 1.76. The zero-order valence-corrected chi connectivity index (χ0v) is 25.1. The van der Waals surface area contributed by atoms with Crippen LogP contribution in [0.3, 0.4) is 0 Å². The van der Waals surface area contributed by atoms with Crippen LogP contribution in [0.2, 0.25) is 0 Å².